The Morgan fingerprint density at radius 1 is 1.25 bits per heavy atom. The van der Waals surface area contributed by atoms with Gasteiger partial charge in [0.2, 0.25) is 0 Å². The van der Waals surface area contributed by atoms with Gasteiger partial charge in [0.05, 0.1) is 0 Å². The van der Waals surface area contributed by atoms with E-state index < -0.39 is 8.07 Å². The highest BCUT2D eigenvalue weighted by Gasteiger charge is 2.11. The molecule has 0 bridgehead atoms. The van der Waals surface area contributed by atoms with Crippen molar-refractivity contribution in [1.29, 1.82) is 0 Å². The Kier molecular flexibility index (Phi) is 4.26. The summed E-state index contributed by atoms with van der Waals surface area (Å²) < 4.78 is 0. The van der Waals surface area contributed by atoms with E-state index in [-0.39, 0.29) is 11.8 Å². The van der Waals surface area contributed by atoms with E-state index in [4.69, 9.17) is 0 Å². The van der Waals surface area contributed by atoms with Crippen molar-refractivity contribution in [1.82, 2.24) is 0 Å². The van der Waals surface area contributed by atoms with Gasteiger partial charge in [-0.1, -0.05) is 33.5 Å². The third-order valence-corrected chi connectivity index (χ3v) is 2.57. The fourth-order valence-electron chi connectivity index (χ4n) is 0.580. The molecule has 0 aromatic carbocycles. The molecule has 0 aliphatic carbocycles. The van der Waals surface area contributed by atoms with Gasteiger partial charge < -0.3 is 4.79 Å². The minimum atomic E-state index is -1.26. The van der Waals surface area contributed by atoms with Gasteiger partial charge in [-0.05, 0) is 0 Å². The van der Waals surface area contributed by atoms with Crippen molar-refractivity contribution in [3.63, 3.8) is 0 Å². The number of carbonyl (C=O) groups is 1. The molecule has 0 heterocycles. The summed E-state index contributed by atoms with van der Waals surface area (Å²) in [7, 11) is -1.26. The van der Waals surface area contributed by atoms with Gasteiger partial charge in [0.1, 0.15) is 14.4 Å². The van der Waals surface area contributed by atoms with Crippen LogP contribution in [0, 0.1) is 23.3 Å². The third kappa shape index (κ3) is 5.14. The Morgan fingerprint density at radius 2 is 1.75 bits per heavy atom. The summed E-state index contributed by atoms with van der Waals surface area (Å²) >= 11 is 0. The van der Waals surface area contributed by atoms with Crippen LogP contribution in [0.2, 0.25) is 19.6 Å². The molecule has 0 fully saturated rings. The summed E-state index contributed by atoms with van der Waals surface area (Å²) in [5.74, 6) is 3.42. The standard InChI is InChI=1S/C10H18OSi/c1-9(10(2)8-11)6-7-12(3,4)5/h8-10H,1-5H3/t9-,10+/m0/s1. The smallest absolute Gasteiger partial charge is 0.129 e. The van der Waals surface area contributed by atoms with Crippen molar-refractivity contribution in [2.75, 3.05) is 0 Å². The van der Waals surface area contributed by atoms with Crippen LogP contribution in [0.5, 0.6) is 0 Å². The van der Waals surface area contributed by atoms with Gasteiger partial charge in [-0.25, -0.2) is 0 Å². The second-order valence-electron chi connectivity index (χ2n) is 4.30. The van der Waals surface area contributed by atoms with E-state index in [9.17, 15) is 4.79 Å². The maximum atomic E-state index is 10.4. The molecule has 0 unspecified atom stereocenters. The molecule has 1 nitrogen and oxygen atoms in total. The molecule has 0 radical (unpaired) electrons. The van der Waals surface area contributed by atoms with E-state index in [1.165, 1.54) is 0 Å². The lowest BCUT2D eigenvalue weighted by Gasteiger charge is -2.08. The zero-order chi connectivity index (χ0) is 9.78. The van der Waals surface area contributed by atoms with Crippen molar-refractivity contribution in [2.24, 2.45) is 11.8 Å². The number of aldehydes is 1. The van der Waals surface area contributed by atoms with Crippen LogP contribution in [0.25, 0.3) is 0 Å². The molecule has 0 N–H and O–H groups in total. The minimum Gasteiger partial charge on any atom is -0.303 e. The van der Waals surface area contributed by atoms with Gasteiger partial charge in [-0.15, -0.1) is 11.5 Å². The molecule has 0 rings (SSSR count). The van der Waals surface area contributed by atoms with Crippen LogP contribution < -0.4 is 0 Å². The Bertz CT molecular complexity index is 204. The first-order valence-corrected chi connectivity index (χ1v) is 7.85. The first-order chi connectivity index (χ1) is 5.37. The predicted octanol–water partition coefficient (Wildman–Crippen LogP) is 2.34. The van der Waals surface area contributed by atoms with Gasteiger partial charge in [-0.3, -0.25) is 0 Å². The second-order valence-corrected chi connectivity index (χ2v) is 9.05. The molecular weight excluding hydrogens is 164 g/mol. The number of hydrogen-bond donors (Lipinski definition) is 0. The highest BCUT2D eigenvalue weighted by atomic mass is 28.3. The third-order valence-electron chi connectivity index (χ3n) is 1.68. The van der Waals surface area contributed by atoms with Crippen molar-refractivity contribution in [3.8, 4) is 11.5 Å². The lowest BCUT2D eigenvalue weighted by Crippen LogP contribution is -2.17. The Morgan fingerprint density at radius 3 is 2.08 bits per heavy atom. The largest absolute Gasteiger partial charge is 0.303 e. The molecule has 12 heavy (non-hydrogen) atoms. The Balaban J connectivity index is 4.22. The zero-order valence-corrected chi connectivity index (χ0v) is 9.64. The summed E-state index contributed by atoms with van der Waals surface area (Å²) in [5.41, 5.74) is 3.27. The van der Waals surface area contributed by atoms with Crippen LogP contribution in [-0.2, 0) is 4.79 Å². The lowest BCUT2D eigenvalue weighted by molar-refractivity contribution is -0.111. The maximum Gasteiger partial charge on any atom is 0.129 e. The van der Waals surface area contributed by atoms with Gasteiger partial charge in [0, 0.05) is 11.8 Å². The second kappa shape index (κ2) is 4.47. The first kappa shape index (κ1) is 11.4. The molecule has 0 aromatic heterocycles. The summed E-state index contributed by atoms with van der Waals surface area (Å²) in [5, 5.41) is 0. The maximum absolute atomic E-state index is 10.4. The molecule has 0 aliphatic rings. The van der Waals surface area contributed by atoms with Crippen LogP contribution in [0.15, 0.2) is 0 Å². The van der Waals surface area contributed by atoms with Crippen LogP contribution in [-0.4, -0.2) is 14.4 Å². The molecule has 0 saturated heterocycles. The average Bonchev–Trinajstić information content (AvgIpc) is 1.97. The Labute approximate surface area is 76.6 Å². The van der Waals surface area contributed by atoms with E-state index in [2.05, 4.69) is 31.1 Å². The first-order valence-electron chi connectivity index (χ1n) is 4.35. The SMILES string of the molecule is C[C@H](C=O)[C@@H](C)C#C[Si](C)(C)C. The van der Waals surface area contributed by atoms with Crippen LogP contribution in [0.1, 0.15) is 13.8 Å². The Hall–Kier alpha value is -0.553. The van der Waals surface area contributed by atoms with E-state index >= 15 is 0 Å². The van der Waals surface area contributed by atoms with Crippen LogP contribution >= 0.6 is 0 Å². The summed E-state index contributed by atoms with van der Waals surface area (Å²) in [6, 6.07) is 0. The van der Waals surface area contributed by atoms with Crippen molar-refractivity contribution in [2.45, 2.75) is 33.5 Å². The number of hydrogen-bond acceptors (Lipinski definition) is 1. The summed E-state index contributed by atoms with van der Waals surface area (Å²) in [6.07, 6.45) is 0.976. The van der Waals surface area contributed by atoms with E-state index in [1.54, 1.807) is 0 Å². The number of rotatable bonds is 2. The number of carbonyl (C=O) groups excluding carboxylic acids is 1. The molecule has 68 valence electrons. The van der Waals surface area contributed by atoms with Crippen LogP contribution in [0.4, 0.5) is 0 Å². The molecule has 0 aliphatic heterocycles. The molecule has 2 atom stereocenters. The molecule has 0 amide bonds. The summed E-state index contributed by atoms with van der Waals surface area (Å²) in [4.78, 5) is 10.4. The van der Waals surface area contributed by atoms with E-state index in [0.717, 1.165) is 6.29 Å². The lowest BCUT2D eigenvalue weighted by atomic mass is 9.99. The monoisotopic (exact) mass is 182 g/mol. The molecule has 0 saturated carbocycles. The molecule has 0 aromatic rings. The zero-order valence-electron chi connectivity index (χ0n) is 8.64. The fraction of sp³-hybridized carbons (Fsp3) is 0.700. The summed E-state index contributed by atoms with van der Waals surface area (Å²) in [6.45, 7) is 10.5. The van der Waals surface area contributed by atoms with Gasteiger partial charge in [0.15, 0.2) is 0 Å². The van der Waals surface area contributed by atoms with Gasteiger partial charge in [0.25, 0.3) is 0 Å². The van der Waals surface area contributed by atoms with Crippen molar-refractivity contribution < 1.29 is 4.79 Å². The van der Waals surface area contributed by atoms with Crippen LogP contribution in [0.3, 0.4) is 0 Å². The van der Waals surface area contributed by atoms with E-state index in [1.807, 2.05) is 13.8 Å². The van der Waals surface area contributed by atoms with Crippen molar-refractivity contribution >= 4 is 14.4 Å². The fourth-order valence-corrected chi connectivity index (χ4v) is 1.24. The molecular formula is C10H18OSi. The van der Waals surface area contributed by atoms with Gasteiger partial charge >= 0.3 is 0 Å². The minimum absolute atomic E-state index is 0.0637. The van der Waals surface area contributed by atoms with Gasteiger partial charge in [-0.2, -0.15) is 0 Å². The molecule has 0 spiro atoms. The predicted molar refractivity (Wildman–Crippen MR) is 55.5 cm³/mol. The van der Waals surface area contributed by atoms with E-state index in [0.29, 0.717) is 0 Å². The normalized spacial score (nSPS) is 15.8. The highest BCUT2D eigenvalue weighted by molar-refractivity contribution is 6.83. The average molecular weight is 182 g/mol. The topological polar surface area (TPSA) is 17.1 Å². The van der Waals surface area contributed by atoms with Crippen molar-refractivity contribution in [3.05, 3.63) is 0 Å². The molecule has 2 heteroatoms. The highest BCUT2D eigenvalue weighted by Crippen LogP contribution is 2.07. The quantitative estimate of drug-likeness (QED) is 0.364.